The Morgan fingerprint density at radius 2 is 1.62 bits per heavy atom. The summed E-state index contributed by atoms with van der Waals surface area (Å²) in [6.07, 6.45) is 1.90. The van der Waals surface area contributed by atoms with E-state index in [0.717, 1.165) is 16.5 Å². The minimum absolute atomic E-state index is 0.185. The molecule has 5 rings (SSSR count). The molecular formula is C30H25FN4O4. The second-order valence-electron chi connectivity index (χ2n) is 8.86. The van der Waals surface area contributed by atoms with Crippen molar-refractivity contribution in [2.45, 2.75) is 12.0 Å². The van der Waals surface area contributed by atoms with Crippen LogP contribution in [0.5, 0.6) is 5.88 Å². The van der Waals surface area contributed by atoms with Crippen LogP contribution in [0, 0.1) is 5.82 Å². The van der Waals surface area contributed by atoms with Gasteiger partial charge in [-0.3, -0.25) is 4.79 Å². The summed E-state index contributed by atoms with van der Waals surface area (Å²) in [5.74, 6) is -1.43. The van der Waals surface area contributed by atoms with Crippen LogP contribution >= 0.6 is 0 Å². The highest BCUT2D eigenvalue weighted by Crippen LogP contribution is 2.34. The Bertz CT molecular complexity index is 1580. The molecule has 4 N–H and O–H groups in total. The maximum Gasteiger partial charge on any atom is 0.405 e. The van der Waals surface area contributed by atoms with Gasteiger partial charge in [0.15, 0.2) is 0 Å². The minimum atomic E-state index is -1.35. The molecule has 196 valence electrons. The third kappa shape index (κ3) is 5.28. The van der Waals surface area contributed by atoms with Crippen molar-refractivity contribution < 1.29 is 23.8 Å². The number of carbonyl (C=O) groups is 2. The fourth-order valence-corrected chi connectivity index (χ4v) is 4.76. The second kappa shape index (κ2) is 11.1. The van der Waals surface area contributed by atoms with Crippen LogP contribution in [-0.4, -0.2) is 40.2 Å². The average Bonchev–Trinajstić information content (AvgIpc) is 3.44. The Morgan fingerprint density at radius 3 is 2.21 bits per heavy atom. The fourth-order valence-electron chi connectivity index (χ4n) is 4.76. The summed E-state index contributed by atoms with van der Waals surface area (Å²) < 4.78 is 20.6. The molecule has 0 saturated heterocycles. The zero-order valence-corrected chi connectivity index (χ0v) is 20.9. The molecule has 0 spiro atoms. The number of fused-ring (bicyclic) bond motifs is 1. The highest BCUT2D eigenvalue weighted by atomic mass is 19.1. The third-order valence-corrected chi connectivity index (χ3v) is 6.49. The Kier molecular flexibility index (Phi) is 7.22. The number of rotatable bonds is 8. The summed E-state index contributed by atoms with van der Waals surface area (Å²) in [6.45, 7) is 0. The number of anilines is 1. The number of methoxy groups -OCH3 is 1. The average molecular weight is 525 g/mol. The number of ether oxygens (including phenoxy) is 1. The van der Waals surface area contributed by atoms with Crippen LogP contribution in [0.2, 0.25) is 0 Å². The van der Waals surface area contributed by atoms with Crippen molar-refractivity contribution in [3.63, 3.8) is 0 Å². The number of aromatic amines is 1. The molecule has 5 aromatic rings. The number of hydrogen-bond acceptors (Lipinski definition) is 4. The van der Waals surface area contributed by atoms with Crippen molar-refractivity contribution in [2.24, 2.45) is 0 Å². The van der Waals surface area contributed by atoms with Crippen LogP contribution in [0.4, 0.5) is 14.9 Å². The van der Waals surface area contributed by atoms with Crippen molar-refractivity contribution in [1.82, 2.24) is 15.3 Å². The number of carbonyl (C=O) groups excluding carboxylic acids is 1. The quantitative estimate of drug-likeness (QED) is 0.205. The van der Waals surface area contributed by atoms with Crippen LogP contribution < -0.4 is 15.4 Å². The van der Waals surface area contributed by atoms with Crippen molar-refractivity contribution in [1.29, 1.82) is 0 Å². The van der Waals surface area contributed by atoms with Gasteiger partial charge in [-0.1, -0.05) is 60.7 Å². The van der Waals surface area contributed by atoms with Crippen LogP contribution in [0.3, 0.4) is 0 Å². The van der Waals surface area contributed by atoms with Gasteiger partial charge in [0.05, 0.1) is 7.11 Å². The van der Waals surface area contributed by atoms with Gasteiger partial charge in [-0.25, -0.2) is 14.2 Å². The Morgan fingerprint density at radius 1 is 0.949 bits per heavy atom. The van der Waals surface area contributed by atoms with E-state index >= 15 is 4.39 Å². The highest BCUT2D eigenvalue weighted by molar-refractivity contribution is 5.99. The largest absolute Gasteiger partial charge is 0.479 e. The van der Waals surface area contributed by atoms with E-state index in [1.807, 2.05) is 60.7 Å². The number of nitrogens with one attached hydrogen (secondary N) is 3. The van der Waals surface area contributed by atoms with Gasteiger partial charge in [-0.15, -0.1) is 0 Å². The monoisotopic (exact) mass is 524 g/mol. The molecular weight excluding hydrogens is 499 g/mol. The first-order valence-electron chi connectivity index (χ1n) is 12.2. The van der Waals surface area contributed by atoms with Crippen molar-refractivity contribution in [3.05, 3.63) is 114 Å². The SMILES string of the molecule is COc1ncc(-c2ccc(NC(=O)C(NC(=O)O)C(c3ccccc3)c3ccccc3)cc2F)c2cc[nH]c12. The Balaban J connectivity index is 1.47. The Labute approximate surface area is 223 Å². The predicted octanol–water partition coefficient (Wildman–Crippen LogP) is 5.78. The molecule has 8 nitrogen and oxygen atoms in total. The standard InChI is InChI=1S/C30H25FN4O4/c1-39-29-26-22(14-15-32-26)23(17-33-29)21-13-12-20(16-24(21)31)34-28(36)27(35-30(37)38)25(18-8-4-2-5-9-18)19-10-6-3-7-11-19/h2-17,25,27,32,35H,1H3,(H,34,36)(H,37,38). The third-order valence-electron chi connectivity index (χ3n) is 6.49. The van der Waals surface area contributed by atoms with Crippen molar-refractivity contribution in [2.75, 3.05) is 12.4 Å². The predicted molar refractivity (Wildman–Crippen MR) is 146 cm³/mol. The number of benzene rings is 3. The fraction of sp³-hybridized carbons (Fsp3) is 0.100. The number of amides is 2. The molecule has 0 radical (unpaired) electrons. The molecule has 1 atom stereocenters. The van der Waals surface area contributed by atoms with Crippen molar-refractivity contribution >= 4 is 28.6 Å². The van der Waals surface area contributed by atoms with E-state index in [4.69, 9.17) is 4.74 Å². The van der Waals surface area contributed by atoms with Crippen molar-refractivity contribution in [3.8, 4) is 17.0 Å². The number of nitrogens with zero attached hydrogens (tertiary/aromatic N) is 1. The molecule has 9 heteroatoms. The molecule has 0 saturated carbocycles. The van der Waals surface area contributed by atoms with Crippen LogP contribution in [0.15, 0.2) is 97.3 Å². The lowest BCUT2D eigenvalue weighted by atomic mass is 9.84. The molecule has 3 aromatic carbocycles. The number of H-pyrrole nitrogens is 1. The van der Waals surface area contributed by atoms with Gasteiger partial charge in [-0.05, 0) is 35.4 Å². The van der Waals surface area contributed by atoms with E-state index in [9.17, 15) is 14.7 Å². The number of aromatic nitrogens is 2. The maximum absolute atomic E-state index is 15.4. The normalized spacial score (nSPS) is 11.8. The van der Waals surface area contributed by atoms with Crippen LogP contribution in [0.1, 0.15) is 17.0 Å². The summed E-state index contributed by atoms with van der Waals surface area (Å²) >= 11 is 0. The first kappa shape index (κ1) is 25.5. The summed E-state index contributed by atoms with van der Waals surface area (Å²) in [5, 5.41) is 15.4. The van der Waals surface area contributed by atoms with Gasteiger partial charge in [0.2, 0.25) is 11.8 Å². The lowest BCUT2D eigenvalue weighted by molar-refractivity contribution is -0.118. The van der Waals surface area contributed by atoms with Gasteiger partial charge in [0.1, 0.15) is 17.4 Å². The topological polar surface area (TPSA) is 116 Å². The number of carboxylic acid groups (broad SMARTS) is 1. The second-order valence-corrected chi connectivity index (χ2v) is 8.86. The van der Waals surface area contributed by atoms with Crippen LogP contribution in [-0.2, 0) is 4.79 Å². The lowest BCUT2D eigenvalue weighted by Gasteiger charge is -2.27. The molecule has 0 aliphatic carbocycles. The molecule has 2 heterocycles. The number of halogens is 1. The van der Waals surface area contributed by atoms with E-state index in [2.05, 4.69) is 20.6 Å². The van der Waals surface area contributed by atoms with Gasteiger partial charge in [-0.2, -0.15) is 0 Å². The van der Waals surface area contributed by atoms with Gasteiger partial charge in [0.25, 0.3) is 0 Å². The number of pyridine rings is 1. The van der Waals surface area contributed by atoms with E-state index in [0.29, 0.717) is 22.5 Å². The summed E-state index contributed by atoms with van der Waals surface area (Å²) in [6, 6.07) is 23.2. The smallest absolute Gasteiger partial charge is 0.405 e. The van der Waals surface area contributed by atoms with Gasteiger partial charge in [0, 0.05) is 40.5 Å². The van der Waals surface area contributed by atoms with E-state index < -0.39 is 29.8 Å². The van der Waals surface area contributed by atoms with E-state index in [1.54, 1.807) is 24.4 Å². The molecule has 0 bridgehead atoms. The zero-order valence-electron chi connectivity index (χ0n) is 20.9. The van der Waals surface area contributed by atoms with E-state index in [-0.39, 0.29) is 5.69 Å². The highest BCUT2D eigenvalue weighted by Gasteiger charge is 2.32. The maximum atomic E-state index is 15.4. The van der Waals surface area contributed by atoms with E-state index in [1.165, 1.54) is 19.4 Å². The molecule has 0 fully saturated rings. The lowest BCUT2D eigenvalue weighted by Crippen LogP contribution is -2.47. The molecule has 1 unspecified atom stereocenters. The Hall–Kier alpha value is -5.18. The summed E-state index contributed by atoms with van der Waals surface area (Å²) in [5.41, 5.74) is 3.18. The van der Waals surface area contributed by atoms with Gasteiger partial charge < -0.3 is 25.5 Å². The van der Waals surface area contributed by atoms with Crippen LogP contribution in [0.25, 0.3) is 22.0 Å². The molecule has 2 aromatic heterocycles. The van der Waals surface area contributed by atoms with Gasteiger partial charge >= 0.3 is 6.09 Å². The minimum Gasteiger partial charge on any atom is -0.479 e. The first-order chi connectivity index (χ1) is 19.0. The first-order valence-corrected chi connectivity index (χ1v) is 12.2. The zero-order chi connectivity index (χ0) is 27.4. The summed E-state index contributed by atoms with van der Waals surface area (Å²) in [4.78, 5) is 32.6. The summed E-state index contributed by atoms with van der Waals surface area (Å²) in [7, 11) is 1.51. The molecule has 0 aliphatic rings. The molecule has 0 aliphatic heterocycles. The molecule has 2 amide bonds. The molecule has 39 heavy (non-hydrogen) atoms. The number of hydrogen-bond donors (Lipinski definition) is 4.